The van der Waals surface area contributed by atoms with Crippen LogP contribution in [0.2, 0.25) is 0 Å². The van der Waals surface area contributed by atoms with Gasteiger partial charge in [-0.15, -0.1) is 0 Å². The van der Waals surface area contributed by atoms with Gasteiger partial charge in [0.05, 0.1) is 0 Å². The van der Waals surface area contributed by atoms with Crippen molar-refractivity contribution in [2.24, 2.45) is 0 Å². The zero-order valence-corrected chi connectivity index (χ0v) is 8.91. The lowest BCUT2D eigenvalue weighted by Gasteiger charge is -1.91. The summed E-state index contributed by atoms with van der Waals surface area (Å²) in [5.41, 5.74) is 1.87. The van der Waals surface area contributed by atoms with Crippen LogP contribution in [0.1, 0.15) is 0 Å². The minimum atomic E-state index is 0.931. The van der Waals surface area contributed by atoms with Crippen molar-refractivity contribution in [1.29, 1.82) is 0 Å². The Kier molecular flexibility index (Phi) is 1.64. The van der Waals surface area contributed by atoms with E-state index in [4.69, 9.17) is 4.42 Å². The van der Waals surface area contributed by atoms with Crippen molar-refractivity contribution in [3.05, 3.63) is 46.9 Å². The molecule has 0 N–H and O–H groups in total. The topological polar surface area (TPSA) is 13.1 Å². The van der Waals surface area contributed by atoms with Crippen LogP contribution in [0.3, 0.4) is 0 Å². The fourth-order valence-corrected chi connectivity index (χ4v) is 2.29. The van der Waals surface area contributed by atoms with Crippen LogP contribution in [0.5, 0.6) is 0 Å². The summed E-state index contributed by atoms with van der Waals surface area (Å²) in [4.78, 5) is 0. The third-order valence-electron chi connectivity index (χ3n) is 2.35. The van der Waals surface area contributed by atoms with Crippen LogP contribution in [0.4, 0.5) is 0 Å². The van der Waals surface area contributed by atoms with Crippen LogP contribution in [0, 0.1) is 0 Å². The molecule has 0 spiro atoms. The normalized spacial score (nSPS) is 11.2. The molecule has 0 aliphatic rings. The second kappa shape index (κ2) is 2.85. The first-order chi connectivity index (χ1) is 6.86. The number of furan rings is 1. The Hall–Kier alpha value is -1.28. The smallest absolute Gasteiger partial charge is 0.136 e. The molecule has 0 saturated carbocycles. The molecule has 1 nitrogen and oxygen atoms in total. The highest BCUT2D eigenvalue weighted by Gasteiger charge is 2.07. The van der Waals surface area contributed by atoms with Gasteiger partial charge in [0.15, 0.2) is 0 Å². The number of para-hydroxylation sites is 1. The average molecular weight is 247 g/mol. The highest BCUT2D eigenvalue weighted by atomic mass is 79.9. The maximum atomic E-state index is 5.70. The van der Waals surface area contributed by atoms with Crippen LogP contribution in [-0.4, -0.2) is 0 Å². The lowest BCUT2D eigenvalue weighted by molar-refractivity contribution is 0.669. The Morgan fingerprint density at radius 1 is 0.857 bits per heavy atom. The lowest BCUT2D eigenvalue weighted by atomic mass is 10.2. The fraction of sp³-hybridized carbons (Fsp3) is 0. The number of rotatable bonds is 0. The SMILES string of the molecule is Brc1cccc2oc3ccccc3c12. The van der Waals surface area contributed by atoms with Gasteiger partial charge in [0.25, 0.3) is 0 Å². The molecule has 1 heterocycles. The molecule has 0 fully saturated rings. The summed E-state index contributed by atoms with van der Waals surface area (Å²) in [6.07, 6.45) is 0. The van der Waals surface area contributed by atoms with Crippen LogP contribution in [0.25, 0.3) is 21.9 Å². The highest BCUT2D eigenvalue weighted by molar-refractivity contribution is 9.10. The van der Waals surface area contributed by atoms with E-state index in [2.05, 4.69) is 22.0 Å². The molecule has 3 rings (SSSR count). The molecule has 14 heavy (non-hydrogen) atoms. The van der Waals surface area contributed by atoms with E-state index in [1.54, 1.807) is 0 Å². The van der Waals surface area contributed by atoms with Crippen molar-refractivity contribution in [3.63, 3.8) is 0 Å². The van der Waals surface area contributed by atoms with Gasteiger partial charge < -0.3 is 4.42 Å². The van der Waals surface area contributed by atoms with Crippen molar-refractivity contribution >= 4 is 37.9 Å². The standard InChI is InChI=1S/C12H7BrO/c13-9-5-3-7-11-12(9)8-4-1-2-6-10(8)14-11/h1-7H. The lowest BCUT2D eigenvalue weighted by Crippen LogP contribution is -1.67. The molecule has 0 atom stereocenters. The number of hydrogen-bond acceptors (Lipinski definition) is 1. The van der Waals surface area contributed by atoms with Gasteiger partial charge in [0.2, 0.25) is 0 Å². The van der Waals surface area contributed by atoms with Gasteiger partial charge in [0, 0.05) is 15.2 Å². The summed E-state index contributed by atoms with van der Waals surface area (Å²) >= 11 is 3.54. The van der Waals surface area contributed by atoms with Gasteiger partial charge in [-0.25, -0.2) is 0 Å². The summed E-state index contributed by atoms with van der Waals surface area (Å²) in [6, 6.07) is 14.1. The molecule has 0 saturated heterocycles. The number of halogens is 1. The molecule has 68 valence electrons. The summed E-state index contributed by atoms with van der Waals surface area (Å²) in [5, 5.41) is 2.32. The van der Waals surface area contributed by atoms with Crippen molar-refractivity contribution < 1.29 is 4.42 Å². The van der Waals surface area contributed by atoms with Gasteiger partial charge in [-0.2, -0.15) is 0 Å². The number of hydrogen-bond donors (Lipinski definition) is 0. The zero-order valence-electron chi connectivity index (χ0n) is 7.33. The Morgan fingerprint density at radius 3 is 2.57 bits per heavy atom. The first kappa shape index (κ1) is 8.06. The molecule has 0 aliphatic carbocycles. The van der Waals surface area contributed by atoms with Gasteiger partial charge in [-0.05, 0) is 18.2 Å². The first-order valence-corrected chi connectivity index (χ1v) is 5.21. The molecule has 2 heteroatoms. The molecule has 1 aromatic heterocycles. The summed E-state index contributed by atoms with van der Waals surface area (Å²) in [6.45, 7) is 0. The van der Waals surface area contributed by atoms with Gasteiger partial charge in [0.1, 0.15) is 11.2 Å². The van der Waals surface area contributed by atoms with Gasteiger partial charge in [-0.3, -0.25) is 0 Å². The Bertz CT molecular complexity index is 610. The van der Waals surface area contributed by atoms with E-state index in [9.17, 15) is 0 Å². The van der Waals surface area contributed by atoms with Crippen LogP contribution in [0.15, 0.2) is 51.4 Å². The third-order valence-corrected chi connectivity index (χ3v) is 3.01. The predicted molar refractivity (Wildman–Crippen MR) is 61.4 cm³/mol. The fourth-order valence-electron chi connectivity index (χ4n) is 1.73. The van der Waals surface area contributed by atoms with E-state index < -0.39 is 0 Å². The summed E-state index contributed by atoms with van der Waals surface area (Å²) in [5.74, 6) is 0. The van der Waals surface area contributed by atoms with Crippen molar-refractivity contribution in [3.8, 4) is 0 Å². The number of fused-ring (bicyclic) bond motifs is 3. The minimum absolute atomic E-state index is 0.931. The van der Waals surface area contributed by atoms with E-state index in [1.165, 1.54) is 0 Å². The van der Waals surface area contributed by atoms with Crippen LogP contribution >= 0.6 is 15.9 Å². The summed E-state index contributed by atoms with van der Waals surface area (Å²) in [7, 11) is 0. The quantitative estimate of drug-likeness (QED) is 0.575. The molecular formula is C12H7BrO. The maximum Gasteiger partial charge on any atom is 0.136 e. The molecular weight excluding hydrogens is 240 g/mol. The molecule has 0 bridgehead atoms. The highest BCUT2D eigenvalue weighted by Crippen LogP contribution is 2.33. The molecule has 3 aromatic rings. The van der Waals surface area contributed by atoms with E-state index in [1.807, 2.05) is 36.4 Å². The maximum absolute atomic E-state index is 5.70. The van der Waals surface area contributed by atoms with Gasteiger partial charge >= 0.3 is 0 Å². The molecule has 0 unspecified atom stereocenters. The molecule has 2 aromatic carbocycles. The van der Waals surface area contributed by atoms with Crippen LogP contribution < -0.4 is 0 Å². The second-order valence-electron chi connectivity index (χ2n) is 3.21. The van der Waals surface area contributed by atoms with E-state index in [0.717, 1.165) is 26.4 Å². The largest absolute Gasteiger partial charge is 0.456 e. The van der Waals surface area contributed by atoms with Crippen molar-refractivity contribution in [2.45, 2.75) is 0 Å². The molecule has 0 radical (unpaired) electrons. The van der Waals surface area contributed by atoms with E-state index in [-0.39, 0.29) is 0 Å². The molecule has 0 aliphatic heterocycles. The van der Waals surface area contributed by atoms with Gasteiger partial charge in [-0.1, -0.05) is 40.2 Å². The van der Waals surface area contributed by atoms with Crippen molar-refractivity contribution in [1.82, 2.24) is 0 Å². The zero-order chi connectivity index (χ0) is 9.54. The van der Waals surface area contributed by atoms with Crippen molar-refractivity contribution in [2.75, 3.05) is 0 Å². The first-order valence-electron chi connectivity index (χ1n) is 4.42. The Labute approximate surface area is 89.5 Å². The monoisotopic (exact) mass is 246 g/mol. The Morgan fingerprint density at radius 2 is 1.64 bits per heavy atom. The van der Waals surface area contributed by atoms with E-state index in [0.29, 0.717) is 0 Å². The second-order valence-corrected chi connectivity index (χ2v) is 4.07. The van der Waals surface area contributed by atoms with Crippen LogP contribution in [-0.2, 0) is 0 Å². The Balaban J connectivity index is 2.65. The average Bonchev–Trinajstić information content (AvgIpc) is 2.57. The minimum Gasteiger partial charge on any atom is -0.456 e. The van der Waals surface area contributed by atoms with E-state index >= 15 is 0 Å². The molecule has 0 amide bonds. The third kappa shape index (κ3) is 1.01. The summed E-state index contributed by atoms with van der Waals surface area (Å²) < 4.78 is 6.79. The predicted octanol–water partition coefficient (Wildman–Crippen LogP) is 4.35. The number of benzene rings is 2.